The molecule has 166 valence electrons. The minimum absolute atomic E-state index is 0.0209. The predicted molar refractivity (Wildman–Crippen MR) is 112 cm³/mol. The Balaban J connectivity index is 1.34. The monoisotopic (exact) mass is 441 g/mol. The Labute approximate surface area is 183 Å². The first-order valence-corrected chi connectivity index (χ1v) is 10.5. The van der Waals surface area contributed by atoms with E-state index in [1.165, 1.54) is 12.1 Å². The van der Waals surface area contributed by atoms with E-state index < -0.39 is 11.7 Å². The van der Waals surface area contributed by atoms with Gasteiger partial charge in [0.1, 0.15) is 11.6 Å². The Bertz CT molecular complexity index is 1160. The second-order valence-electron chi connectivity index (χ2n) is 8.72. The molecule has 5 nitrogen and oxygen atoms in total. The Morgan fingerprint density at radius 3 is 2.41 bits per heavy atom. The smallest absolute Gasteiger partial charge is 0.410 e. The van der Waals surface area contributed by atoms with Crippen molar-refractivity contribution in [3.63, 3.8) is 0 Å². The lowest BCUT2D eigenvalue weighted by molar-refractivity contribution is -0.137. The molecule has 0 unspecified atom stereocenters. The van der Waals surface area contributed by atoms with Gasteiger partial charge < -0.3 is 14.2 Å². The van der Waals surface area contributed by atoms with Crippen LogP contribution in [0, 0.1) is 12.3 Å². The van der Waals surface area contributed by atoms with E-state index in [-0.39, 0.29) is 11.5 Å². The van der Waals surface area contributed by atoms with E-state index in [4.69, 9.17) is 4.74 Å². The van der Waals surface area contributed by atoms with Crippen molar-refractivity contribution in [3.05, 3.63) is 71.8 Å². The van der Waals surface area contributed by atoms with Crippen LogP contribution < -0.4 is 4.74 Å². The highest BCUT2D eigenvalue weighted by Crippen LogP contribution is 2.48. The number of hydrogen-bond acceptors (Lipinski definition) is 3. The molecule has 1 fully saturated rings. The minimum atomic E-state index is -4.36. The molecular formula is C24H22F3N3O2. The third-order valence-corrected chi connectivity index (χ3v) is 6.34. The molecule has 0 spiro atoms. The Morgan fingerprint density at radius 2 is 1.78 bits per heavy atom. The maximum atomic E-state index is 12.8. The zero-order chi connectivity index (χ0) is 22.5. The number of aromatic nitrogens is 2. The fourth-order valence-electron chi connectivity index (χ4n) is 4.26. The Morgan fingerprint density at radius 1 is 1.06 bits per heavy atom. The quantitative estimate of drug-likeness (QED) is 0.512. The molecule has 1 aromatic heterocycles. The average molecular weight is 441 g/mol. The number of hydrogen-bond donors (Lipinski definition) is 0. The number of carbonyl (C=O) groups is 1. The van der Waals surface area contributed by atoms with Crippen LogP contribution in [0.4, 0.5) is 18.0 Å². The van der Waals surface area contributed by atoms with Crippen LogP contribution in [0.2, 0.25) is 0 Å². The maximum Gasteiger partial charge on any atom is 0.416 e. The molecule has 0 N–H and O–H groups in total. The zero-order valence-corrected chi connectivity index (χ0v) is 17.5. The summed E-state index contributed by atoms with van der Waals surface area (Å²) in [6.07, 6.45) is 1.07. The number of imidazole rings is 1. The van der Waals surface area contributed by atoms with Crippen molar-refractivity contribution in [1.82, 2.24) is 14.5 Å². The number of alkyl halides is 3. The summed E-state index contributed by atoms with van der Waals surface area (Å²) in [5.41, 5.74) is 1.65. The summed E-state index contributed by atoms with van der Waals surface area (Å²) in [7, 11) is 0. The average Bonchev–Trinajstić information content (AvgIpc) is 3.40. The van der Waals surface area contributed by atoms with E-state index >= 15 is 0 Å². The molecule has 3 aromatic rings. The van der Waals surface area contributed by atoms with Gasteiger partial charge >= 0.3 is 12.3 Å². The minimum Gasteiger partial charge on any atom is -0.410 e. The van der Waals surface area contributed by atoms with Crippen LogP contribution in [0.15, 0.2) is 54.9 Å². The van der Waals surface area contributed by atoms with Gasteiger partial charge in [-0.25, -0.2) is 9.78 Å². The standard InChI is InChI=1S/C24H22F3N3O2/c1-16-28-10-11-29(16)14-23(8-9-23)15-30-13-19-12-18(4-7-21(19)32-22(30)31)17-2-5-20(6-3-17)24(25,26)27/h2-7,10-12H,8-9,13-15H2,1H3. The van der Waals surface area contributed by atoms with Gasteiger partial charge in [0, 0.05) is 36.5 Å². The number of halogens is 3. The third kappa shape index (κ3) is 3.97. The maximum absolute atomic E-state index is 12.8. The van der Waals surface area contributed by atoms with Gasteiger partial charge in [0.15, 0.2) is 0 Å². The highest BCUT2D eigenvalue weighted by molar-refractivity contribution is 5.75. The van der Waals surface area contributed by atoms with Crippen molar-refractivity contribution in [3.8, 4) is 16.9 Å². The molecule has 1 amide bonds. The molecule has 32 heavy (non-hydrogen) atoms. The van der Waals surface area contributed by atoms with Crippen molar-refractivity contribution < 1.29 is 22.7 Å². The number of nitrogens with zero attached hydrogens (tertiary/aromatic N) is 3. The van der Waals surface area contributed by atoms with Crippen LogP contribution in [0.3, 0.4) is 0 Å². The van der Waals surface area contributed by atoms with Crippen LogP contribution in [-0.4, -0.2) is 27.1 Å². The van der Waals surface area contributed by atoms with Crippen molar-refractivity contribution in [2.24, 2.45) is 5.41 Å². The highest BCUT2D eigenvalue weighted by Gasteiger charge is 2.46. The SMILES string of the molecule is Cc1nccn1CC1(CN2Cc3cc(-c4ccc(C(F)(F)F)cc4)ccc3OC2=O)CC1. The molecular weight excluding hydrogens is 419 g/mol. The molecule has 0 atom stereocenters. The number of benzene rings is 2. The summed E-state index contributed by atoms with van der Waals surface area (Å²) in [4.78, 5) is 18.6. The normalized spacial score (nSPS) is 17.1. The molecule has 5 rings (SSSR count). The van der Waals surface area contributed by atoms with E-state index in [1.54, 1.807) is 23.2 Å². The van der Waals surface area contributed by atoms with Gasteiger partial charge in [0.2, 0.25) is 0 Å². The molecule has 0 bridgehead atoms. The second-order valence-corrected chi connectivity index (χ2v) is 8.72. The summed E-state index contributed by atoms with van der Waals surface area (Å²) in [6, 6.07) is 10.4. The molecule has 8 heteroatoms. The summed E-state index contributed by atoms with van der Waals surface area (Å²) in [5, 5.41) is 0. The molecule has 2 aliphatic rings. The van der Waals surface area contributed by atoms with E-state index in [9.17, 15) is 18.0 Å². The van der Waals surface area contributed by atoms with E-state index in [1.807, 2.05) is 19.2 Å². The van der Waals surface area contributed by atoms with E-state index in [0.29, 0.717) is 24.4 Å². The molecule has 1 saturated carbocycles. The zero-order valence-electron chi connectivity index (χ0n) is 17.5. The number of rotatable bonds is 5. The van der Waals surface area contributed by atoms with Crippen LogP contribution in [0.1, 0.15) is 29.8 Å². The van der Waals surface area contributed by atoms with Crippen LogP contribution in [-0.2, 0) is 19.3 Å². The van der Waals surface area contributed by atoms with Gasteiger partial charge in [-0.2, -0.15) is 13.2 Å². The van der Waals surface area contributed by atoms with Crippen LogP contribution in [0.5, 0.6) is 5.75 Å². The van der Waals surface area contributed by atoms with Gasteiger partial charge in [0.05, 0.1) is 12.1 Å². The first-order chi connectivity index (χ1) is 15.2. The first-order valence-electron chi connectivity index (χ1n) is 10.5. The largest absolute Gasteiger partial charge is 0.416 e. The number of fused-ring (bicyclic) bond motifs is 1. The first kappa shape index (κ1) is 20.6. The van der Waals surface area contributed by atoms with Crippen molar-refractivity contribution >= 4 is 6.09 Å². The van der Waals surface area contributed by atoms with Gasteiger partial charge in [-0.3, -0.25) is 0 Å². The molecule has 0 saturated heterocycles. The molecule has 0 radical (unpaired) electrons. The number of aryl methyl sites for hydroxylation is 1. The van der Waals surface area contributed by atoms with Gasteiger partial charge in [-0.15, -0.1) is 0 Å². The van der Waals surface area contributed by atoms with Crippen LogP contribution in [0.25, 0.3) is 11.1 Å². The Kier molecular flexibility index (Phi) is 4.76. The summed E-state index contributed by atoms with van der Waals surface area (Å²) < 4.78 is 46.2. The topological polar surface area (TPSA) is 47.4 Å². The fourth-order valence-corrected chi connectivity index (χ4v) is 4.26. The van der Waals surface area contributed by atoms with Crippen LogP contribution >= 0.6 is 0 Å². The lowest BCUT2D eigenvalue weighted by Crippen LogP contribution is -2.41. The Hall–Kier alpha value is -3.29. The lowest BCUT2D eigenvalue weighted by atomic mass is 9.99. The lowest BCUT2D eigenvalue weighted by Gasteiger charge is -2.31. The van der Waals surface area contributed by atoms with Gasteiger partial charge in [-0.1, -0.05) is 18.2 Å². The predicted octanol–water partition coefficient (Wildman–Crippen LogP) is 5.67. The van der Waals surface area contributed by atoms with Gasteiger partial charge in [-0.05, 0) is 55.2 Å². The molecule has 2 heterocycles. The number of amides is 1. The van der Waals surface area contributed by atoms with Crippen molar-refractivity contribution in [1.29, 1.82) is 0 Å². The number of ether oxygens (including phenoxy) is 1. The van der Waals surface area contributed by atoms with E-state index in [2.05, 4.69) is 9.55 Å². The number of carbonyl (C=O) groups excluding carboxylic acids is 1. The fraction of sp³-hybridized carbons (Fsp3) is 0.333. The van der Waals surface area contributed by atoms with E-state index in [0.717, 1.165) is 48.5 Å². The second kappa shape index (κ2) is 7.39. The van der Waals surface area contributed by atoms with Crippen molar-refractivity contribution in [2.75, 3.05) is 6.54 Å². The third-order valence-electron chi connectivity index (χ3n) is 6.34. The van der Waals surface area contributed by atoms with Crippen molar-refractivity contribution in [2.45, 2.75) is 39.0 Å². The summed E-state index contributed by atoms with van der Waals surface area (Å²) >= 11 is 0. The van der Waals surface area contributed by atoms with Gasteiger partial charge in [0.25, 0.3) is 0 Å². The molecule has 2 aromatic carbocycles. The summed E-state index contributed by atoms with van der Waals surface area (Å²) in [5.74, 6) is 1.45. The summed E-state index contributed by atoms with van der Waals surface area (Å²) in [6.45, 7) is 3.77. The highest BCUT2D eigenvalue weighted by atomic mass is 19.4. The molecule has 1 aliphatic carbocycles. The molecule has 1 aliphatic heterocycles.